The fourth-order valence-corrected chi connectivity index (χ4v) is 2.93. The fraction of sp³-hybridized carbons (Fsp3) is 0.200. The molecule has 0 radical (unpaired) electrons. The quantitative estimate of drug-likeness (QED) is 0.568. The summed E-state index contributed by atoms with van der Waals surface area (Å²) in [7, 11) is 1.70. The number of hydrogen-bond donors (Lipinski definition) is 1. The van der Waals surface area contributed by atoms with Gasteiger partial charge in [0, 0.05) is 24.3 Å². The van der Waals surface area contributed by atoms with Gasteiger partial charge in [0.25, 0.3) is 0 Å². The van der Waals surface area contributed by atoms with Crippen LogP contribution in [0.25, 0.3) is 10.8 Å². The van der Waals surface area contributed by atoms with Crippen molar-refractivity contribution < 1.29 is 9.59 Å². The van der Waals surface area contributed by atoms with Crippen molar-refractivity contribution in [3.05, 3.63) is 59.9 Å². The minimum atomic E-state index is -1.43. The number of aromatic nitrogens is 2. The highest BCUT2D eigenvalue weighted by atomic mass is 16.2. The third-order valence-corrected chi connectivity index (χ3v) is 4.21. The monoisotopic (exact) mass is 346 g/mol. The number of Topliss-reactive ketones (excluding diaryl/α,β-unsaturated/α-hetero) is 1. The van der Waals surface area contributed by atoms with E-state index in [0.717, 1.165) is 10.8 Å². The van der Waals surface area contributed by atoms with Crippen molar-refractivity contribution in [3.8, 4) is 6.07 Å². The van der Waals surface area contributed by atoms with Gasteiger partial charge in [0.15, 0.2) is 11.7 Å². The van der Waals surface area contributed by atoms with Crippen LogP contribution in [0.2, 0.25) is 0 Å². The van der Waals surface area contributed by atoms with Crippen molar-refractivity contribution in [3.63, 3.8) is 0 Å². The molecule has 2 aromatic carbocycles. The molecule has 0 spiro atoms. The first-order valence-corrected chi connectivity index (χ1v) is 8.30. The number of hydrogen-bond acceptors (Lipinski definition) is 4. The van der Waals surface area contributed by atoms with Crippen molar-refractivity contribution in [2.75, 3.05) is 5.32 Å². The Kier molecular flexibility index (Phi) is 4.81. The van der Waals surface area contributed by atoms with E-state index < -0.39 is 17.6 Å². The number of fused-ring (bicyclic) bond motifs is 1. The molecule has 1 amide bonds. The van der Waals surface area contributed by atoms with Crippen LogP contribution in [0.3, 0.4) is 0 Å². The van der Waals surface area contributed by atoms with Gasteiger partial charge in [-0.25, -0.2) is 0 Å². The molecule has 0 saturated heterocycles. The van der Waals surface area contributed by atoms with Crippen molar-refractivity contribution in [2.45, 2.75) is 13.3 Å². The second kappa shape index (κ2) is 7.19. The van der Waals surface area contributed by atoms with Crippen LogP contribution < -0.4 is 5.32 Å². The van der Waals surface area contributed by atoms with E-state index in [1.165, 1.54) is 4.68 Å². The van der Waals surface area contributed by atoms with Crippen LogP contribution >= 0.6 is 0 Å². The Morgan fingerprint density at radius 1 is 1.23 bits per heavy atom. The normalized spacial score (nSPS) is 11.7. The minimum absolute atomic E-state index is 0.314. The molecule has 0 bridgehead atoms. The molecule has 0 fully saturated rings. The van der Waals surface area contributed by atoms with E-state index in [9.17, 15) is 14.9 Å². The fourth-order valence-electron chi connectivity index (χ4n) is 2.93. The number of nitrogens with zero attached hydrogens (tertiary/aromatic N) is 3. The smallest absolute Gasteiger partial charge is 0.249 e. The summed E-state index contributed by atoms with van der Waals surface area (Å²) in [5.74, 6) is -2.60. The lowest BCUT2D eigenvalue weighted by Gasteiger charge is -2.11. The summed E-state index contributed by atoms with van der Waals surface area (Å²) in [6.07, 6.45) is 2.10. The summed E-state index contributed by atoms with van der Waals surface area (Å²) >= 11 is 0. The number of anilines is 1. The zero-order chi connectivity index (χ0) is 18.7. The lowest BCUT2D eigenvalue weighted by molar-refractivity contribution is -0.117. The number of amides is 1. The van der Waals surface area contributed by atoms with Gasteiger partial charge in [-0.15, -0.1) is 0 Å². The van der Waals surface area contributed by atoms with Gasteiger partial charge in [0.2, 0.25) is 5.91 Å². The van der Waals surface area contributed by atoms with E-state index in [1.807, 2.05) is 49.4 Å². The largest absolute Gasteiger partial charge is 0.324 e. The second-order valence-corrected chi connectivity index (χ2v) is 5.96. The molecule has 0 unspecified atom stereocenters. The van der Waals surface area contributed by atoms with Crippen molar-refractivity contribution in [1.29, 1.82) is 5.26 Å². The van der Waals surface area contributed by atoms with Gasteiger partial charge < -0.3 is 5.32 Å². The molecule has 0 saturated carbocycles. The average Bonchev–Trinajstić information content (AvgIpc) is 3.03. The zero-order valence-electron chi connectivity index (χ0n) is 14.6. The van der Waals surface area contributed by atoms with Gasteiger partial charge in [0.05, 0.1) is 17.3 Å². The molecule has 1 atom stereocenters. The molecule has 1 aromatic heterocycles. The predicted octanol–water partition coefficient (Wildman–Crippen LogP) is 3.10. The van der Waals surface area contributed by atoms with Gasteiger partial charge in [-0.05, 0) is 17.9 Å². The predicted molar refractivity (Wildman–Crippen MR) is 98.6 cm³/mol. The third-order valence-electron chi connectivity index (χ3n) is 4.21. The number of benzene rings is 2. The summed E-state index contributed by atoms with van der Waals surface area (Å²) < 4.78 is 1.52. The zero-order valence-corrected chi connectivity index (χ0v) is 14.6. The Morgan fingerprint density at radius 3 is 2.69 bits per heavy atom. The Morgan fingerprint density at radius 2 is 1.96 bits per heavy atom. The van der Waals surface area contributed by atoms with Crippen LogP contribution in [0.4, 0.5) is 5.69 Å². The van der Waals surface area contributed by atoms with Gasteiger partial charge in [-0.3, -0.25) is 14.3 Å². The molecule has 1 N–H and O–H groups in total. The molecule has 3 aromatic rings. The first-order chi connectivity index (χ1) is 12.5. The van der Waals surface area contributed by atoms with Crippen LogP contribution in [-0.4, -0.2) is 21.5 Å². The first-order valence-electron chi connectivity index (χ1n) is 8.30. The molecule has 3 rings (SSSR count). The highest BCUT2D eigenvalue weighted by molar-refractivity contribution is 6.17. The number of nitriles is 1. The van der Waals surface area contributed by atoms with Crippen LogP contribution in [-0.2, 0) is 18.3 Å². The van der Waals surface area contributed by atoms with Crippen LogP contribution in [0.1, 0.15) is 23.0 Å². The van der Waals surface area contributed by atoms with Crippen LogP contribution in [0.5, 0.6) is 0 Å². The Balaban J connectivity index is 1.89. The minimum Gasteiger partial charge on any atom is -0.324 e. The molecule has 26 heavy (non-hydrogen) atoms. The standard InChI is InChI=1S/C20H18N4O2/c1-3-17-16(12-24(2)23-17)19(25)15(11-21)20(26)22-18-10-6-8-13-7-4-5-9-14(13)18/h4-10,12,15H,3H2,1-2H3,(H,22,26)/t15-/m0/s1. The maximum absolute atomic E-state index is 12.7. The Labute approximate surface area is 151 Å². The molecular formula is C20H18N4O2. The van der Waals surface area contributed by atoms with E-state index in [4.69, 9.17) is 0 Å². The summed E-state index contributed by atoms with van der Waals surface area (Å²) in [5, 5.41) is 18.2. The maximum Gasteiger partial charge on any atom is 0.249 e. The first kappa shape index (κ1) is 17.4. The molecule has 0 aliphatic rings. The average molecular weight is 346 g/mol. The lowest BCUT2D eigenvalue weighted by atomic mass is 9.97. The van der Waals surface area contributed by atoms with Gasteiger partial charge in [-0.1, -0.05) is 43.3 Å². The second-order valence-electron chi connectivity index (χ2n) is 5.96. The summed E-state index contributed by atoms with van der Waals surface area (Å²) in [4.78, 5) is 25.4. The topological polar surface area (TPSA) is 87.8 Å². The molecular weight excluding hydrogens is 328 g/mol. The number of carbonyl (C=O) groups is 2. The summed E-state index contributed by atoms with van der Waals surface area (Å²) in [5.41, 5.74) is 1.47. The number of aryl methyl sites for hydroxylation is 2. The van der Waals surface area contributed by atoms with Crippen molar-refractivity contribution in [2.24, 2.45) is 13.0 Å². The number of ketones is 1. The van der Waals surface area contributed by atoms with Gasteiger partial charge in [0.1, 0.15) is 0 Å². The van der Waals surface area contributed by atoms with E-state index >= 15 is 0 Å². The van der Waals surface area contributed by atoms with E-state index in [2.05, 4.69) is 10.4 Å². The van der Waals surface area contributed by atoms with Gasteiger partial charge in [-0.2, -0.15) is 10.4 Å². The molecule has 0 aliphatic carbocycles. The van der Waals surface area contributed by atoms with Crippen LogP contribution in [0, 0.1) is 17.2 Å². The van der Waals surface area contributed by atoms with E-state index in [1.54, 1.807) is 19.3 Å². The van der Waals surface area contributed by atoms with E-state index in [0.29, 0.717) is 23.4 Å². The van der Waals surface area contributed by atoms with E-state index in [-0.39, 0.29) is 0 Å². The Hall–Kier alpha value is -3.46. The highest BCUT2D eigenvalue weighted by Crippen LogP contribution is 2.24. The molecule has 6 nitrogen and oxygen atoms in total. The lowest BCUT2D eigenvalue weighted by Crippen LogP contribution is -2.29. The Bertz CT molecular complexity index is 1020. The van der Waals surface area contributed by atoms with Gasteiger partial charge >= 0.3 is 0 Å². The molecule has 1 heterocycles. The highest BCUT2D eigenvalue weighted by Gasteiger charge is 2.30. The SMILES string of the molecule is CCc1nn(C)cc1C(=O)[C@H](C#N)C(=O)Nc1cccc2ccccc12. The summed E-state index contributed by atoms with van der Waals surface area (Å²) in [6, 6.07) is 14.9. The third kappa shape index (κ3) is 3.20. The maximum atomic E-state index is 12.7. The molecule has 0 aliphatic heterocycles. The molecule has 6 heteroatoms. The molecule has 130 valence electrons. The van der Waals surface area contributed by atoms with Crippen LogP contribution in [0.15, 0.2) is 48.7 Å². The number of carbonyl (C=O) groups excluding carboxylic acids is 2. The number of nitrogens with one attached hydrogen (secondary N) is 1. The van der Waals surface area contributed by atoms with Crippen molar-refractivity contribution >= 4 is 28.2 Å². The number of rotatable bonds is 5. The summed E-state index contributed by atoms with van der Waals surface area (Å²) in [6.45, 7) is 1.87. The van der Waals surface area contributed by atoms with Crippen molar-refractivity contribution in [1.82, 2.24) is 9.78 Å².